The number of carbonyl (C=O) groups excluding carboxylic acids is 1. The average Bonchev–Trinajstić information content (AvgIpc) is 3.05. The van der Waals surface area contributed by atoms with Crippen molar-refractivity contribution in [3.05, 3.63) is 29.6 Å². The van der Waals surface area contributed by atoms with E-state index in [1.165, 1.54) is 0 Å². The molecule has 9 nitrogen and oxygen atoms in total. The maximum atomic E-state index is 12.2. The second kappa shape index (κ2) is 6.34. The first-order valence-corrected chi connectivity index (χ1v) is 7.60. The minimum atomic E-state index is -0.382. The normalized spacial score (nSPS) is 18.2. The number of rotatable bonds is 4. The highest BCUT2D eigenvalue weighted by molar-refractivity contribution is 5.74. The molecule has 0 bridgehead atoms. The van der Waals surface area contributed by atoms with Gasteiger partial charge in [-0.15, -0.1) is 10.2 Å². The monoisotopic (exact) mass is 332 g/mol. The maximum Gasteiger partial charge on any atom is 0.315 e. The standard InChI is InChI=1S/C15H20N6O3/c1-15(2)7-11(10-6-9(23-3)4-5-12(10)24-15)17-14(22)16-8-13-18-20-21-19-13/h4-6,11H,7-8H2,1-3H3,(H2,16,17,22)(H,18,19,20,21)/t11-/m0/s1. The number of nitrogens with one attached hydrogen (secondary N) is 3. The van der Waals surface area contributed by atoms with E-state index in [2.05, 4.69) is 31.3 Å². The zero-order valence-electron chi connectivity index (χ0n) is 13.8. The van der Waals surface area contributed by atoms with E-state index in [1.54, 1.807) is 7.11 Å². The van der Waals surface area contributed by atoms with Crippen molar-refractivity contribution in [3.8, 4) is 11.5 Å². The van der Waals surface area contributed by atoms with Crippen LogP contribution in [-0.4, -0.2) is 39.4 Å². The van der Waals surface area contributed by atoms with Gasteiger partial charge in [-0.1, -0.05) is 5.21 Å². The Balaban J connectivity index is 1.73. The summed E-state index contributed by atoms with van der Waals surface area (Å²) in [6.07, 6.45) is 0.642. The van der Waals surface area contributed by atoms with E-state index in [9.17, 15) is 4.79 Å². The van der Waals surface area contributed by atoms with Crippen molar-refractivity contribution in [3.63, 3.8) is 0 Å². The molecule has 0 radical (unpaired) electrons. The Morgan fingerprint density at radius 1 is 1.50 bits per heavy atom. The number of hydrogen-bond acceptors (Lipinski definition) is 6. The van der Waals surface area contributed by atoms with Crippen LogP contribution in [0.4, 0.5) is 4.79 Å². The summed E-state index contributed by atoms with van der Waals surface area (Å²) in [7, 11) is 1.61. The minimum absolute atomic E-state index is 0.191. The first-order valence-electron chi connectivity index (χ1n) is 7.60. The Morgan fingerprint density at radius 2 is 2.33 bits per heavy atom. The topological polar surface area (TPSA) is 114 Å². The number of nitrogens with zero attached hydrogens (tertiary/aromatic N) is 3. The molecular formula is C15H20N6O3. The van der Waals surface area contributed by atoms with Crippen LogP contribution in [0.25, 0.3) is 0 Å². The molecule has 0 spiro atoms. The molecule has 1 aromatic heterocycles. The van der Waals surface area contributed by atoms with Crippen molar-refractivity contribution in [2.24, 2.45) is 0 Å². The van der Waals surface area contributed by atoms with Crippen LogP contribution in [0.3, 0.4) is 0 Å². The van der Waals surface area contributed by atoms with Crippen molar-refractivity contribution in [1.82, 2.24) is 31.3 Å². The number of methoxy groups -OCH3 is 1. The number of ether oxygens (including phenoxy) is 2. The lowest BCUT2D eigenvalue weighted by molar-refractivity contribution is 0.0677. The molecule has 0 saturated heterocycles. The number of benzene rings is 1. The number of H-pyrrole nitrogens is 1. The summed E-state index contributed by atoms with van der Waals surface area (Å²) in [5.74, 6) is 1.88. The molecule has 2 aromatic rings. The molecule has 3 rings (SSSR count). The number of carbonyl (C=O) groups is 1. The predicted molar refractivity (Wildman–Crippen MR) is 84.6 cm³/mol. The zero-order chi connectivity index (χ0) is 17.2. The number of tetrazole rings is 1. The molecule has 1 aliphatic rings. The summed E-state index contributed by atoms with van der Waals surface area (Å²) in [5, 5.41) is 19.0. The fourth-order valence-electron chi connectivity index (χ4n) is 2.71. The third kappa shape index (κ3) is 3.55. The average molecular weight is 332 g/mol. The van der Waals surface area contributed by atoms with Crippen LogP contribution in [-0.2, 0) is 6.54 Å². The lowest BCUT2D eigenvalue weighted by atomic mass is 9.89. The van der Waals surface area contributed by atoms with E-state index in [-0.39, 0.29) is 24.2 Å². The highest BCUT2D eigenvalue weighted by atomic mass is 16.5. The van der Waals surface area contributed by atoms with Crippen molar-refractivity contribution in [1.29, 1.82) is 0 Å². The number of urea groups is 1. The van der Waals surface area contributed by atoms with Crippen LogP contribution < -0.4 is 20.1 Å². The number of hydrogen-bond donors (Lipinski definition) is 3. The van der Waals surface area contributed by atoms with Gasteiger partial charge in [0, 0.05) is 12.0 Å². The fourth-order valence-corrected chi connectivity index (χ4v) is 2.71. The molecule has 9 heteroatoms. The Kier molecular flexibility index (Phi) is 4.24. The summed E-state index contributed by atoms with van der Waals surface area (Å²) < 4.78 is 11.3. The SMILES string of the molecule is COc1ccc2c(c1)[C@@H](NC(=O)NCc1nn[nH]n1)CC(C)(C)O2. The molecule has 128 valence electrons. The number of aromatic amines is 1. The number of fused-ring (bicyclic) bond motifs is 1. The van der Waals surface area contributed by atoms with Gasteiger partial charge in [-0.05, 0) is 32.0 Å². The van der Waals surface area contributed by atoms with Crippen LogP contribution in [0.5, 0.6) is 11.5 Å². The molecule has 2 heterocycles. The van der Waals surface area contributed by atoms with E-state index < -0.39 is 0 Å². The van der Waals surface area contributed by atoms with Gasteiger partial charge >= 0.3 is 6.03 Å². The molecule has 0 fully saturated rings. The largest absolute Gasteiger partial charge is 0.497 e. The molecule has 1 aromatic carbocycles. The Morgan fingerprint density at radius 3 is 3.04 bits per heavy atom. The van der Waals surface area contributed by atoms with Gasteiger partial charge in [-0.2, -0.15) is 5.21 Å². The van der Waals surface area contributed by atoms with Gasteiger partial charge in [-0.3, -0.25) is 0 Å². The lowest BCUT2D eigenvalue weighted by Gasteiger charge is -2.38. The van der Waals surface area contributed by atoms with Gasteiger partial charge in [0.05, 0.1) is 19.7 Å². The zero-order valence-corrected chi connectivity index (χ0v) is 13.8. The molecule has 3 N–H and O–H groups in total. The third-order valence-electron chi connectivity index (χ3n) is 3.78. The summed E-state index contributed by atoms with van der Waals surface area (Å²) in [4.78, 5) is 12.2. The van der Waals surface area contributed by atoms with E-state index in [1.807, 2.05) is 32.0 Å². The molecule has 1 atom stereocenters. The number of aromatic nitrogens is 4. The predicted octanol–water partition coefficient (Wildman–Crippen LogP) is 1.31. The molecule has 0 aliphatic carbocycles. The lowest BCUT2D eigenvalue weighted by Crippen LogP contribution is -2.44. The maximum absolute atomic E-state index is 12.2. The quantitative estimate of drug-likeness (QED) is 0.778. The van der Waals surface area contributed by atoms with E-state index in [0.717, 1.165) is 17.1 Å². The van der Waals surface area contributed by atoms with Gasteiger partial charge in [0.15, 0.2) is 5.82 Å². The van der Waals surface area contributed by atoms with Crippen molar-refractivity contribution in [2.75, 3.05) is 7.11 Å². The molecule has 0 unspecified atom stereocenters. The summed E-state index contributed by atoms with van der Waals surface area (Å²) in [5.41, 5.74) is 0.510. The molecular weight excluding hydrogens is 312 g/mol. The van der Waals surface area contributed by atoms with E-state index in [0.29, 0.717) is 12.2 Å². The first-order chi connectivity index (χ1) is 11.5. The van der Waals surface area contributed by atoms with Gasteiger partial charge in [-0.25, -0.2) is 4.79 Å². The van der Waals surface area contributed by atoms with Crippen LogP contribution >= 0.6 is 0 Å². The highest BCUT2D eigenvalue weighted by Crippen LogP contribution is 2.41. The van der Waals surface area contributed by atoms with Crippen molar-refractivity contribution >= 4 is 6.03 Å². The van der Waals surface area contributed by atoms with Crippen molar-refractivity contribution in [2.45, 2.75) is 38.5 Å². The smallest absolute Gasteiger partial charge is 0.315 e. The summed E-state index contributed by atoms with van der Waals surface area (Å²) in [6, 6.07) is 5.09. The Labute approximate surface area is 139 Å². The Bertz CT molecular complexity index is 716. The van der Waals surface area contributed by atoms with Crippen LogP contribution in [0.2, 0.25) is 0 Å². The highest BCUT2D eigenvalue weighted by Gasteiger charge is 2.34. The third-order valence-corrected chi connectivity index (χ3v) is 3.78. The second-order valence-corrected chi connectivity index (χ2v) is 6.18. The van der Waals surface area contributed by atoms with E-state index >= 15 is 0 Å². The Hall–Kier alpha value is -2.84. The fraction of sp³-hybridized carbons (Fsp3) is 0.467. The molecule has 2 amide bonds. The van der Waals surface area contributed by atoms with Crippen LogP contribution in [0.1, 0.15) is 37.7 Å². The van der Waals surface area contributed by atoms with Crippen LogP contribution in [0.15, 0.2) is 18.2 Å². The van der Waals surface area contributed by atoms with Gasteiger partial charge in [0.1, 0.15) is 17.1 Å². The number of amides is 2. The first kappa shape index (κ1) is 16.0. The summed E-state index contributed by atoms with van der Waals surface area (Å²) >= 11 is 0. The van der Waals surface area contributed by atoms with Crippen LogP contribution in [0, 0.1) is 0 Å². The van der Waals surface area contributed by atoms with Gasteiger partial charge in [0.25, 0.3) is 0 Å². The second-order valence-electron chi connectivity index (χ2n) is 6.18. The molecule has 0 saturated carbocycles. The molecule has 24 heavy (non-hydrogen) atoms. The van der Waals surface area contributed by atoms with Gasteiger partial charge in [0.2, 0.25) is 0 Å². The van der Waals surface area contributed by atoms with E-state index in [4.69, 9.17) is 9.47 Å². The minimum Gasteiger partial charge on any atom is -0.497 e. The molecule has 1 aliphatic heterocycles. The summed E-state index contributed by atoms with van der Waals surface area (Å²) in [6.45, 7) is 4.18. The van der Waals surface area contributed by atoms with Crippen molar-refractivity contribution < 1.29 is 14.3 Å². The van der Waals surface area contributed by atoms with Gasteiger partial charge < -0.3 is 20.1 Å².